The highest BCUT2D eigenvalue weighted by molar-refractivity contribution is 7.92. The summed E-state index contributed by atoms with van der Waals surface area (Å²) < 4.78 is 35.2. The number of pyridine rings is 1. The maximum atomic E-state index is 14.6. The summed E-state index contributed by atoms with van der Waals surface area (Å²) in [5.41, 5.74) is 2.98. The first-order valence-corrected chi connectivity index (χ1v) is 14.4. The van der Waals surface area contributed by atoms with Crippen LogP contribution in [-0.4, -0.2) is 52.3 Å². The predicted octanol–water partition coefficient (Wildman–Crippen LogP) is 4.54. The first-order chi connectivity index (χ1) is 18.9. The third-order valence-electron chi connectivity index (χ3n) is 7.49. The number of hydrogen-bond acceptors (Lipinski definition) is 7. The smallest absolute Gasteiger partial charge is 0.304 e. The van der Waals surface area contributed by atoms with Crippen LogP contribution in [0.25, 0.3) is 22.1 Å². The molecule has 2 N–H and O–H groups in total. The lowest BCUT2D eigenvalue weighted by atomic mass is 9.89. The number of nitrogens with zero attached hydrogens (tertiary/aromatic N) is 3. The SMILES string of the molecule is CC(=O)OC(c1nc2cnc3[nH]ccc3c2[nH]1)(C1CCN(Cc2ccccc2)CC1)S(=O)(=O)c1ccccc1. The number of benzene rings is 2. The molecule has 6 rings (SSSR count). The van der Waals surface area contributed by atoms with Crippen molar-refractivity contribution in [3.05, 3.63) is 90.5 Å². The molecule has 4 heterocycles. The predicted molar refractivity (Wildman–Crippen MR) is 147 cm³/mol. The minimum absolute atomic E-state index is 0.0725. The Bertz CT molecular complexity index is 1730. The fraction of sp³-hybridized carbons (Fsp3) is 0.276. The zero-order chi connectivity index (χ0) is 27.0. The fourth-order valence-corrected chi connectivity index (χ4v) is 7.79. The summed E-state index contributed by atoms with van der Waals surface area (Å²) in [6.07, 6.45) is 4.35. The van der Waals surface area contributed by atoms with Crippen molar-refractivity contribution >= 4 is 37.9 Å². The number of hydrogen-bond donors (Lipinski definition) is 2. The zero-order valence-electron chi connectivity index (χ0n) is 21.5. The molecule has 0 amide bonds. The second-order valence-electron chi connectivity index (χ2n) is 9.96. The average Bonchev–Trinajstić information content (AvgIpc) is 3.60. The van der Waals surface area contributed by atoms with E-state index in [4.69, 9.17) is 9.72 Å². The van der Waals surface area contributed by atoms with E-state index in [9.17, 15) is 13.2 Å². The molecule has 0 radical (unpaired) electrons. The third kappa shape index (κ3) is 4.39. The van der Waals surface area contributed by atoms with Gasteiger partial charge < -0.3 is 14.7 Å². The van der Waals surface area contributed by atoms with Gasteiger partial charge in [-0.1, -0.05) is 48.5 Å². The van der Waals surface area contributed by atoms with Gasteiger partial charge in [-0.15, -0.1) is 0 Å². The van der Waals surface area contributed by atoms with Crippen molar-refractivity contribution < 1.29 is 17.9 Å². The highest BCUT2D eigenvalue weighted by atomic mass is 32.2. The number of esters is 1. The summed E-state index contributed by atoms with van der Waals surface area (Å²) in [6, 6.07) is 20.2. The minimum atomic E-state index is -4.26. The Kier molecular flexibility index (Phi) is 6.44. The standard InChI is InChI=1S/C29H29N5O4S/c1-20(35)38-29(39(36,37)23-10-6-3-7-11-23,22-13-16-34(17-14-22)19-21-8-4-2-5-9-21)28-32-25-18-31-27-24(12-15-30-27)26(25)33-28/h2-12,15,18,22H,13-14,16-17,19H2,1H3,(H,30,31)(H,32,33). The van der Waals surface area contributed by atoms with Crippen molar-refractivity contribution in [2.75, 3.05) is 13.1 Å². The first-order valence-electron chi connectivity index (χ1n) is 13.0. The normalized spacial score (nSPS) is 16.8. The first kappa shape index (κ1) is 25.3. The lowest BCUT2D eigenvalue weighted by molar-refractivity contribution is -0.156. The lowest BCUT2D eigenvalue weighted by Crippen LogP contribution is -2.51. The molecule has 1 atom stereocenters. The van der Waals surface area contributed by atoms with Gasteiger partial charge in [0.25, 0.3) is 4.93 Å². The number of carbonyl (C=O) groups is 1. The zero-order valence-corrected chi connectivity index (χ0v) is 22.3. The Labute approximate surface area is 226 Å². The van der Waals surface area contributed by atoms with Crippen molar-refractivity contribution in [3.8, 4) is 0 Å². The van der Waals surface area contributed by atoms with E-state index < -0.39 is 26.7 Å². The summed E-state index contributed by atoms with van der Waals surface area (Å²) >= 11 is 0. The number of sulfone groups is 1. The van der Waals surface area contributed by atoms with E-state index in [1.807, 2.05) is 24.3 Å². The third-order valence-corrected chi connectivity index (χ3v) is 9.80. The molecule has 3 aromatic heterocycles. The minimum Gasteiger partial charge on any atom is -0.434 e. The number of aromatic amines is 2. The maximum Gasteiger partial charge on any atom is 0.304 e. The fourth-order valence-electron chi connectivity index (χ4n) is 5.67. The van der Waals surface area contributed by atoms with E-state index in [0.29, 0.717) is 42.6 Å². The molecule has 9 nitrogen and oxygen atoms in total. The molecule has 1 unspecified atom stereocenters. The van der Waals surface area contributed by atoms with Crippen LogP contribution in [0, 0.1) is 5.92 Å². The molecule has 0 bridgehead atoms. The van der Waals surface area contributed by atoms with Crippen LogP contribution in [0.5, 0.6) is 0 Å². The van der Waals surface area contributed by atoms with E-state index >= 15 is 0 Å². The topological polar surface area (TPSA) is 121 Å². The molecule has 5 aromatic rings. The molecule has 1 aliphatic rings. The van der Waals surface area contributed by atoms with E-state index in [1.165, 1.54) is 24.6 Å². The molecule has 39 heavy (non-hydrogen) atoms. The molecule has 0 saturated carbocycles. The van der Waals surface area contributed by atoms with Crippen LogP contribution in [0.15, 0.2) is 84.0 Å². The van der Waals surface area contributed by atoms with Crippen LogP contribution in [0.2, 0.25) is 0 Å². The molecular weight excluding hydrogens is 514 g/mol. The Balaban J connectivity index is 1.48. The summed E-state index contributed by atoms with van der Waals surface area (Å²) in [6.45, 7) is 3.31. The van der Waals surface area contributed by atoms with Crippen LogP contribution in [0.1, 0.15) is 31.2 Å². The number of likely N-dealkylation sites (tertiary alicyclic amines) is 1. The van der Waals surface area contributed by atoms with E-state index in [0.717, 1.165) is 11.9 Å². The Morgan fingerprint density at radius 3 is 2.44 bits per heavy atom. The summed E-state index contributed by atoms with van der Waals surface area (Å²) in [5, 5.41) is 0.776. The highest BCUT2D eigenvalue weighted by Crippen LogP contribution is 2.47. The molecular formula is C29H29N5O4S. The largest absolute Gasteiger partial charge is 0.434 e. The van der Waals surface area contributed by atoms with Crippen LogP contribution < -0.4 is 0 Å². The van der Waals surface area contributed by atoms with Crippen molar-refractivity contribution in [2.24, 2.45) is 5.92 Å². The van der Waals surface area contributed by atoms with Crippen molar-refractivity contribution in [1.29, 1.82) is 0 Å². The highest BCUT2D eigenvalue weighted by Gasteiger charge is 2.58. The molecule has 1 aliphatic heterocycles. The van der Waals surface area contributed by atoms with Gasteiger partial charge in [0.15, 0.2) is 5.82 Å². The van der Waals surface area contributed by atoms with Gasteiger partial charge in [0, 0.05) is 31.0 Å². The van der Waals surface area contributed by atoms with Gasteiger partial charge in [0.05, 0.1) is 16.6 Å². The second-order valence-corrected chi connectivity index (χ2v) is 12.0. The molecule has 0 aliphatic carbocycles. The number of fused-ring (bicyclic) bond motifs is 3. The van der Waals surface area contributed by atoms with Gasteiger partial charge in [-0.25, -0.2) is 18.4 Å². The number of rotatable bonds is 7. The summed E-state index contributed by atoms with van der Waals surface area (Å²) in [5.74, 6) is -1.13. The number of piperidine rings is 1. The lowest BCUT2D eigenvalue weighted by Gasteiger charge is -2.42. The number of H-pyrrole nitrogens is 2. The van der Waals surface area contributed by atoms with Gasteiger partial charge in [-0.3, -0.25) is 9.69 Å². The van der Waals surface area contributed by atoms with Gasteiger partial charge in [0.1, 0.15) is 11.2 Å². The van der Waals surface area contributed by atoms with E-state index in [1.54, 1.807) is 30.6 Å². The molecule has 200 valence electrons. The molecule has 10 heteroatoms. The quantitative estimate of drug-likeness (QED) is 0.289. The molecule has 1 fully saturated rings. The summed E-state index contributed by atoms with van der Waals surface area (Å²) in [4.78, 5) is 28.5. The van der Waals surface area contributed by atoms with Crippen LogP contribution >= 0.6 is 0 Å². The molecule has 0 spiro atoms. The van der Waals surface area contributed by atoms with Crippen molar-refractivity contribution in [3.63, 3.8) is 0 Å². The number of imidazole rings is 1. The van der Waals surface area contributed by atoms with Crippen molar-refractivity contribution in [2.45, 2.75) is 36.1 Å². The van der Waals surface area contributed by atoms with E-state index in [2.05, 4.69) is 32.0 Å². The van der Waals surface area contributed by atoms with Gasteiger partial charge in [-0.05, 0) is 49.7 Å². The molecule has 2 aromatic carbocycles. The van der Waals surface area contributed by atoms with E-state index in [-0.39, 0.29) is 10.7 Å². The number of carbonyl (C=O) groups excluding carboxylic acids is 1. The second kappa shape index (κ2) is 9.94. The molecule has 1 saturated heterocycles. The Morgan fingerprint density at radius 2 is 1.74 bits per heavy atom. The van der Waals surface area contributed by atoms with Crippen LogP contribution in [0.3, 0.4) is 0 Å². The number of aromatic nitrogens is 4. The Hall–Kier alpha value is -4.02. The summed E-state index contributed by atoms with van der Waals surface area (Å²) in [7, 11) is -4.26. The maximum absolute atomic E-state index is 14.6. The number of ether oxygens (including phenoxy) is 1. The van der Waals surface area contributed by atoms with Crippen LogP contribution in [0.4, 0.5) is 0 Å². The van der Waals surface area contributed by atoms with Gasteiger partial charge >= 0.3 is 5.97 Å². The number of nitrogens with one attached hydrogen (secondary N) is 2. The van der Waals surface area contributed by atoms with Gasteiger partial charge in [-0.2, -0.15) is 0 Å². The average molecular weight is 544 g/mol. The van der Waals surface area contributed by atoms with Gasteiger partial charge in [0.2, 0.25) is 9.84 Å². The monoisotopic (exact) mass is 543 g/mol. The Morgan fingerprint density at radius 1 is 1.05 bits per heavy atom. The van der Waals surface area contributed by atoms with Crippen LogP contribution in [-0.2, 0) is 30.8 Å². The van der Waals surface area contributed by atoms with Crippen molar-refractivity contribution in [1.82, 2.24) is 24.8 Å².